The highest BCUT2D eigenvalue weighted by atomic mass is 32.2. The fourth-order valence-electron chi connectivity index (χ4n) is 3.63. The number of allylic oxidation sites excluding steroid dienone is 1. The van der Waals surface area contributed by atoms with E-state index in [1.165, 1.54) is 5.56 Å². The highest BCUT2D eigenvalue weighted by Crippen LogP contribution is 2.39. The maximum Gasteiger partial charge on any atom is 0.143 e. The molecule has 0 aliphatic rings. The predicted octanol–water partition coefficient (Wildman–Crippen LogP) is 7.17. The van der Waals surface area contributed by atoms with Crippen molar-refractivity contribution >= 4 is 34.8 Å². The molecule has 0 aliphatic heterocycles. The Labute approximate surface area is 172 Å². The van der Waals surface area contributed by atoms with E-state index in [9.17, 15) is 5.11 Å². The lowest BCUT2D eigenvalue weighted by Crippen LogP contribution is -2.13. The van der Waals surface area contributed by atoms with Gasteiger partial charge in [0, 0.05) is 22.3 Å². The van der Waals surface area contributed by atoms with Crippen molar-refractivity contribution in [3.63, 3.8) is 0 Å². The number of hydrogen-bond donors (Lipinski definition) is 1. The molecule has 2 nitrogen and oxygen atoms in total. The van der Waals surface area contributed by atoms with Crippen LogP contribution in [0.4, 0.5) is 0 Å². The van der Waals surface area contributed by atoms with Crippen LogP contribution in [-0.2, 0) is 11.2 Å². The zero-order valence-corrected chi connectivity index (χ0v) is 18.2. The number of para-hydroxylation sites is 1. The van der Waals surface area contributed by atoms with E-state index < -0.39 is 0 Å². The predicted molar refractivity (Wildman–Crippen MR) is 126 cm³/mol. The third kappa shape index (κ3) is 3.51. The highest BCUT2D eigenvalue weighted by molar-refractivity contribution is 7.97. The summed E-state index contributed by atoms with van der Waals surface area (Å²) in [5, 5.41) is 12.4. The fraction of sp³-hybridized carbons (Fsp3) is 0.280. The van der Waals surface area contributed by atoms with Crippen LogP contribution in [0.15, 0.2) is 49.1 Å². The molecule has 0 radical (unpaired) electrons. The van der Waals surface area contributed by atoms with Gasteiger partial charge in [-0.1, -0.05) is 63.8 Å². The first-order valence-electron chi connectivity index (χ1n) is 9.57. The van der Waals surface area contributed by atoms with Crippen molar-refractivity contribution in [2.45, 2.75) is 38.9 Å². The SMILES string of the molecule is C=Cc1c(/C=C\C)c2ccccc2n1-c1cc(C(C)(C)C)cc(CSC)c1O. The number of nitrogens with zero attached hydrogens (tertiary/aromatic N) is 1. The standard InChI is InChI=1S/C25H29NOS/c1-7-11-19-20-12-9-10-13-22(20)26(21(19)8-2)23-15-18(25(3,4)5)14-17(16-28-6)24(23)27/h7-15,27H,2,16H2,1,3-6H3/b11-7-. The Hall–Kier alpha value is -2.39. The second-order valence-electron chi connectivity index (χ2n) is 8.04. The zero-order chi connectivity index (χ0) is 20.5. The number of aromatic nitrogens is 1. The summed E-state index contributed by atoms with van der Waals surface area (Å²) >= 11 is 1.72. The summed E-state index contributed by atoms with van der Waals surface area (Å²) in [5.41, 5.74) is 6.18. The Morgan fingerprint density at radius 1 is 1.18 bits per heavy atom. The van der Waals surface area contributed by atoms with Gasteiger partial charge in [-0.3, -0.25) is 0 Å². The first-order chi connectivity index (χ1) is 13.3. The first kappa shape index (κ1) is 20.3. The van der Waals surface area contributed by atoms with Crippen molar-refractivity contribution in [1.82, 2.24) is 4.57 Å². The Bertz CT molecular complexity index is 1050. The van der Waals surface area contributed by atoms with Crippen LogP contribution >= 0.6 is 11.8 Å². The molecule has 0 unspecified atom stereocenters. The van der Waals surface area contributed by atoms with Crippen LogP contribution in [0, 0.1) is 0 Å². The highest BCUT2D eigenvalue weighted by Gasteiger charge is 2.22. The quantitative estimate of drug-likeness (QED) is 0.498. The molecule has 1 aromatic heterocycles. The van der Waals surface area contributed by atoms with Gasteiger partial charge < -0.3 is 9.67 Å². The van der Waals surface area contributed by atoms with Crippen LogP contribution < -0.4 is 0 Å². The third-order valence-electron chi connectivity index (χ3n) is 5.05. The number of thioether (sulfide) groups is 1. The molecular weight excluding hydrogens is 362 g/mol. The Morgan fingerprint density at radius 2 is 1.89 bits per heavy atom. The van der Waals surface area contributed by atoms with Gasteiger partial charge in [0.1, 0.15) is 5.75 Å². The van der Waals surface area contributed by atoms with Gasteiger partial charge >= 0.3 is 0 Å². The minimum absolute atomic E-state index is 0.0148. The monoisotopic (exact) mass is 391 g/mol. The number of phenolic OH excluding ortho intramolecular Hbond substituents is 1. The van der Waals surface area contributed by atoms with E-state index in [4.69, 9.17) is 0 Å². The largest absolute Gasteiger partial charge is 0.505 e. The topological polar surface area (TPSA) is 25.2 Å². The van der Waals surface area contributed by atoms with Gasteiger partial charge in [-0.25, -0.2) is 0 Å². The van der Waals surface area contributed by atoms with Crippen LogP contribution in [0.3, 0.4) is 0 Å². The molecule has 1 N–H and O–H groups in total. The maximum absolute atomic E-state index is 11.2. The second-order valence-corrected chi connectivity index (χ2v) is 8.91. The Morgan fingerprint density at radius 3 is 2.50 bits per heavy atom. The fourth-order valence-corrected chi connectivity index (χ4v) is 4.17. The summed E-state index contributed by atoms with van der Waals surface area (Å²) in [7, 11) is 0. The molecule has 146 valence electrons. The molecule has 3 rings (SSSR count). The molecule has 0 saturated heterocycles. The van der Waals surface area contributed by atoms with E-state index in [0.717, 1.165) is 39.2 Å². The molecule has 0 fully saturated rings. The summed E-state index contributed by atoms with van der Waals surface area (Å²) in [6, 6.07) is 12.6. The Balaban J connectivity index is 2.46. The van der Waals surface area contributed by atoms with E-state index in [1.807, 2.05) is 25.1 Å². The van der Waals surface area contributed by atoms with Gasteiger partial charge in [0.25, 0.3) is 0 Å². The van der Waals surface area contributed by atoms with Crippen molar-refractivity contribution in [2.75, 3.05) is 6.26 Å². The van der Waals surface area contributed by atoms with Gasteiger partial charge in [0.2, 0.25) is 0 Å². The van der Waals surface area contributed by atoms with Crippen molar-refractivity contribution < 1.29 is 5.11 Å². The zero-order valence-electron chi connectivity index (χ0n) is 17.4. The number of fused-ring (bicyclic) bond motifs is 1. The summed E-state index contributed by atoms with van der Waals surface area (Å²) in [5.74, 6) is 1.12. The second kappa shape index (κ2) is 7.92. The molecule has 3 heteroatoms. The maximum atomic E-state index is 11.2. The van der Waals surface area contributed by atoms with Crippen LogP contribution in [0.5, 0.6) is 5.75 Å². The molecule has 2 aromatic carbocycles. The molecule has 28 heavy (non-hydrogen) atoms. The molecule has 0 atom stereocenters. The van der Waals surface area contributed by atoms with Crippen molar-refractivity contribution in [3.05, 3.63) is 71.4 Å². The number of rotatable bonds is 5. The van der Waals surface area contributed by atoms with E-state index in [-0.39, 0.29) is 5.41 Å². The molecule has 0 spiro atoms. The lowest BCUT2D eigenvalue weighted by atomic mass is 9.85. The molecule has 0 saturated carbocycles. The Kier molecular flexibility index (Phi) is 5.76. The molecule has 0 bridgehead atoms. The van der Waals surface area contributed by atoms with Gasteiger partial charge in [0.05, 0.1) is 16.9 Å². The van der Waals surface area contributed by atoms with Gasteiger partial charge in [0.15, 0.2) is 0 Å². The lowest BCUT2D eigenvalue weighted by Gasteiger charge is -2.23. The van der Waals surface area contributed by atoms with Crippen LogP contribution in [0.25, 0.3) is 28.7 Å². The van der Waals surface area contributed by atoms with Crippen molar-refractivity contribution in [1.29, 1.82) is 0 Å². The van der Waals surface area contributed by atoms with E-state index in [0.29, 0.717) is 5.75 Å². The minimum Gasteiger partial charge on any atom is -0.505 e. The minimum atomic E-state index is -0.0148. The summed E-state index contributed by atoms with van der Waals surface area (Å²) in [6.07, 6.45) is 8.10. The molecule has 0 amide bonds. The smallest absolute Gasteiger partial charge is 0.143 e. The van der Waals surface area contributed by atoms with Crippen LogP contribution in [0.2, 0.25) is 0 Å². The number of phenols is 1. The molecule has 1 heterocycles. The van der Waals surface area contributed by atoms with Gasteiger partial charge in [-0.05, 0) is 42.4 Å². The van der Waals surface area contributed by atoms with E-state index in [1.54, 1.807) is 11.8 Å². The van der Waals surface area contributed by atoms with Crippen molar-refractivity contribution in [2.24, 2.45) is 0 Å². The average Bonchev–Trinajstić information content (AvgIpc) is 2.96. The lowest BCUT2D eigenvalue weighted by molar-refractivity contribution is 0.466. The number of hydrogen-bond acceptors (Lipinski definition) is 2. The third-order valence-corrected chi connectivity index (χ3v) is 5.65. The number of aromatic hydroxyl groups is 1. The van der Waals surface area contributed by atoms with E-state index >= 15 is 0 Å². The summed E-state index contributed by atoms with van der Waals surface area (Å²) in [6.45, 7) is 12.7. The normalized spacial score (nSPS) is 12.2. The number of benzene rings is 2. The van der Waals surface area contributed by atoms with Gasteiger partial charge in [-0.2, -0.15) is 11.8 Å². The van der Waals surface area contributed by atoms with Crippen LogP contribution in [-0.4, -0.2) is 15.9 Å². The molecule has 0 aliphatic carbocycles. The van der Waals surface area contributed by atoms with E-state index in [2.05, 4.69) is 74.6 Å². The first-order valence-corrected chi connectivity index (χ1v) is 11.0. The van der Waals surface area contributed by atoms with Gasteiger partial charge in [-0.15, -0.1) is 0 Å². The molecular formula is C25H29NOS. The van der Waals surface area contributed by atoms with Crippen LogP contribution in [0.1, 0.15) is 50.1 Å². The average molecular weight is 392 g/mol. The molecule has 3 aromatic rings. The summed E-state index contributed by atoms with van der Waals surface area (Å²) < 4.78 is 2.14. The van der Waals surface area contributed by atoms with Crippen molar-refractivity contribution in [3.8, 4) is 11.4 Å². The summed E-state index contributed by atoms with van der Waals surface area (Å²) in [4.78, 5) is 0.